The Morgan fingerprint density at radius 1 is 0.926 bits per heavy atom. The number of benzene rings is 1. The number of halogens is 2. The second-order valence-corrected chi connectivity index (χ2v) is 8.97. The van der Waals surface area contributed by atoms with E-state index in [4.69, 9.17) is 0 Å². The van der Waals surface area contributed by atoms with E-state index in [1.54, 1.807) is 0 Å². The number of nitrogens with zero attached hydrogens (tertiary/aromatic N) is 3. The quantitative estimate of drug-likeness (QED) is 0.720. The van der Waals surface area contributed by atoms with Crippen LogP contribution in [-0.2, 0) is 14.8 Å². The van der Waals surface area contributed by atoms with Crippen molar-refractivity contribution in [2.75, 3.05) is 19.6 Å². The smallest absolute Gasteiger partial charge is 0.312 e. The van der Waals surface area contributed by atoms with Crippen molar-refractivity contribution < 1.29 is 26.8 Å². The van der Waals surface area contributed by atoms with E-state index in [0.29, 0.717) is 12.8 Å². The van der Waals surface area contributed by atoms with E-state index in [9.17, 15) is 26.8 Å². The molecule has 1 aliphatic carbocycles. The standard InChI is InChI=1S/C17H19F2N3O4S/c18-13-2-1-3-14(19)16(13)27(25,26)20-8-6-11(7-9-20)21-10-15(23)22(17(21)24)12-4-5-12/h1-3,11-12H,4-10H2. The van der Waals surface area contributed by atoms with Crippen LogP contribution < -0.4 is 0 Å². The molecular formula is C17H19F2N3O4S. The summed E-state index contributed by atoms with van der Waals surface area (Å²) in [5.41, 5.74) is 0. The number of hydrogen-bond acceptors (Lipinski definition) is 4. The van der Waals surface area contributed by atoms with Crippen molar-refractivity contribution in [2.45, 2.75) is 42.7 Å². The summed E-state index contributed by atoms with van der Waals surface area (Å²) in [6.45, 7) is 0.0685. The highest BCUT2D eigenvalue weighted by Gasteiger charge is 2.47. The largest absolute Gasteiger partial charge is 0.327 e. The first kappa shape index (κ1) is 18.3. The van der Waals surface area contributed by atoms with Crippen molar-refractivity contribution in [1.29, 1.82) is 0 Å². The number of carbonyl (C=O) groups excluding carboxylic acids is 2. The van der Waals surface area contributed by atoms with Crippen molar-refractivity contribution in [3.63, 3.8) is 0 Å². The molecule has 0 spiro atoms. The molecule has 3 amide bonds. The third-order valence-electron chi connectivity index (χ3n) is 5.32. The van der Waals surface area contributed by atoms with Crippen molar-refractivity contribution in [3.8, 4) is 0 Å². The van der Waals surface area contributed by atoms with Crippen LogP contribution in [-0.4, -0.2) is 66.2 Å². The molecule has 0 radical (unpaired) electrons. The van der Waals surface area contributed by atoms with Gasteiger partial charge in [0, 0.05) is 25.2 Å². The van der Waals surface area contributed by atoms with E-state index in [1.165, 1.54) is 9.80 Å². The van der Waals surface area contributed by atoms with Gasteiger partial charge < -0.3 is 4.90 Å². The van der Waals surface area contributed by atoms with Gasteiger partial charge in [-0.05, 0) is 37.8 Å². The van der Waals surface area contributed by atoms with Crippen LogP contribution in [0.3, 0.4) is 0 Å². The van der Waals surface area contributed by atoms with E-state index in [2.05, 4.69) is 0 Å². The van der Waals surface area contributed by atoms with Crippen molar-refractivity contribution in [3.05, 3.63) is 29.8 Å². The molecule has 3 aliphatic rings. The molecule has 0 bridgehead atoms. The Bertz CT molecular complexity index is 875. The molecule has 0 unspecified atom stereocenters. The fourth-order valence-corrected chi connectivity index (χ4v) is 5.34. The van der Waals surface area contributed by atoms with Crippen LogP contribution >= 0.6 is 0 Å². The summed E-state index contributed by atoms with van der Waals surface area (Å²) in [6.07, 6.45) is 2.28. The molecule has 146 valence electrons. The maximum atomic E-state index is 13.9. The number of sulfonamides is 1. The summed E-state index contributed by atoms with van der Waals surface area (Å²) in [5.74, 6) is -2.47. The van der Waals surface area contributed by atoms with E-state index in [0.717, 1.165) is 35.3 Å². The Labute approximate surface area is 155 Å². The summed E-state index contributed by atoms with van der Waals surface area (Å²) in [4.78, 5) is 26.4. The van der Waals surface area contributed by atoms with Crippen molar-refractivity contribution in [2.24, 2.45) is 0 Å². The third kappa shape index (κ3) is 3.10. The zero-order valence-corrected chi connectivity index (χ0v) is 15.3. The van der Waals surface area contributed by atoms with Crippen LogP contribution in [0.1, 0.15) is 25.7 Å². The minimum absolute atomic E-state index is 0.000465. The van der Waals surface area contributed by atoms with Crippen molar-refractivity contribution >= 4 is 22.0 Å². The number of rotatable bonds is 4. The Morgan fingerprint density at radius 2 is 1.52 bits per heavy atom. The van der Waals surface area contributed by atoms with Gasteiger partial charge in [0.15, 0.2) is 4.90 Å². The first-order valence-electron chi connectivity index (χ1n) is 8.87. The molecule has 3 fully saturated rings. The first-order valence-corrected chi connectivity index (χ1v) is 10.3. The maximum absolute atomic E-state index is 13.9. The third-order valence-corrected chi connectivity index (χ3v) is 7.27. The van der Waals surface area contributed by atoms with Gasteiger partial charge in [0.05, 0.1) is 0 Å². The highest BCUT2D eigenvalue weighted by molar-refractivity contribution is 7.89. The maximum Gasteiger partial charge on any atom is 0.327 e. The number of urea groups is 1. The van der Waals surface area contributed by atoms with Gasteiger partial charge in [-0.25, -0.2) is 22.0 Å². The van der Waals surface area contributed by atoms with Crippen LogP contribution in [0.25, 0.3) is 0 Å². The minimum Gasteiger partial charge on any atom is -0.312 e. The number of imide groups is 1. The molecule has 27 heavy (non-hydrogen) atoms. The van der Waals surface area contributed by atoms with Crippen LogP contribution in [0, 0.1) is 11.6 Å². The Balaban J connectivity index is 1.46. The summed E-state index contributed by atoms with van der Waals surface area (Å²) >= 11 is 0. The van der Waals surface area contributed by atoms with Gasteiger partial charge in [0.1, 0.15) is 18.2 Å². The highest BCUT2D eigenvalue weighted by atomic mass is 32.2. The molecule has 1 saturated carbocycles. The van der Waals surface area contributed by atoms with Crippen LogP contribution in [0.5, 0.6) is 0 Å². The Kier molecular flexibility index (Phi) is 4.42. The van der Waals surface area contributed by atoms with E-state index < -0.39 is 26.6 Å². The number of piperidine rings is 1. The van der Waals surface area contributed by atoms with E-state index in [1.807, 2.05) is 0 Å². The Hall–Kier alpha value is -2.07. The van der Waals surface area contributed by atoms with Crippen LogP contribution in [0.2, 0.25) is 0 Å². The molecule has 0 aromatic heterocycles. The molecule has 7 nitrogen and oxygen atoms in total. The molecule has 0 N–H and O–H groups in total. The topological polar surface area (TPSA) is 78.0 Å². The average molecular weight is 399 g/mol. The van der Waals surface area contributed by atoms with Gasteiger partial charge in [-0.15, -0.1) is 0 Å². The normalized spacial score (nSPS) is 22.7. The molecule has 2 saturated heterocycles. The molecular weight excluding hydrogens is 380 g/mol. The number of amides is 3. The van der Waals surface area contributed by atoms with Gasteiger partial charge in [-0.1, -0.05) is 6.07 Å². The second-order valence-electron chi connectivity index (χ2n) is 7.09. The fraction of sp³-hybridized carbons (Fsp3) is 0.529. The zero-order valence-electron chi connectivity index (χ0n) is 14.5. The minimum atomic E-state index is -4.31. The molecule has 10 heteroatoms. The Morgan fingerprint density at radius 3 is 2.07 bits per heavy atom. The number of hydrogen-bond donors (Lipinski definition) is 0. The molecule has 1 aromatic rings. The first-order chi connectivity index (χ1) is 12.8. The van der Waals surface area contributed by atoms with Crippen LogP contribution in [0.4, 0.5) is 13.6 Å². The van der Waals surface area contributed by atoms with Crippen LogP contribution in [0.15, 0.2) is 23.1 Å². The van der Waals surface area contributed by atoms with Gasteiger partial charge >= 0.3 is 6.03 Å². The lowest BCUT2D eigenvalue weighted by atomic mass is 10.1. The SMILES string of the molecule is O=C1CN(C2CCN(S(=O)(=O)c3c(F)cccc3F)CC2)C(=O)N1C1CC1. The lowest BCUT2D eigenvalue weighted by molar-refractivity contribution is -0.125. The van der Waals surface area contributed by atoms with Crippen molar-refractivity contribution in [1.82, 2.24) is 14.1 Å². The molecule has 0 atom stereocenters. The van der Waals surface area contributed by atoms with Gasteiger partial charge in [0.2, 0.25) is 10.0 Å². The van der Waals surface area contributed by atoms with Gasteiger partial charge in [-0.2, -0.15) is 4.31 Å². The summed E-state index contributed by atoms with van der Waals surface area (Å²) in [6, 6.07) is 2.34. The predicted molar refractivity (Wildman–Crippen MR) is 90.1 cm³/mol. The molecule has 1 aromatic carbocycles. The van der Waals surface area contributed by atoms with E-state index in [-0.39, 0.29) is 43.7 Å². The average Bonchev–Trinajstić information content (AvgIpc) is 3.40. The molecule has 2 aliphatic heterocycles. The highest BCUT2D eigenvalue weighted by Crippen LogP contribution is 2.33. The van der Waals surface area contributed by atoms with Gasteiger partial charge in [-0.3, -0.25) is 9.69 Å². The fourth-order valence-electron chi connectivity index (χ4n) is 3.76. The zero-order chi connectivity index (χ0) is 19.3. The molecule has 2 heterocycles. The lowest BCUT2D eigenvalue weighted by Gasteiger charge is -2.35. The summed E-state index contributed by atoms with van der Waals surface area (Å²) in [5, 5.41) is 0. The summed E-state index contributed by atoms with van der Waals surface area (Å²) in [7, 11) is -4.31. The lowest BCUT2D eigenvalue weighted by Crippen LogP contribution is -2.48. The summed E-state index contributed by atoms with van der Waals surface area (Å²) < 4.78 is 54.1. The monoisotopic (exact) mass is 399 g/mol. The van der Waals surface area contributed by atoms with E-state index >= 15 is 0 Å². The number of carbonyl (C=O) groups is 2. The van der Waals surface area contributed by atoms with Gasteiger partial charge in [0.25, 0.3) is 5.91 Å². The second kappa shape index (κ2) is 6.52. The predicted octanol–water partition coefficient (Wildman–Crippen LogP) is 1.54. The molecule has 4 rings (SSSR count).